The lowest BCUT2D eigenvalue weighted by Gasteiger charge is -2.34. The molecule has 5 nitrogen and oxygen atoms in total. The van der Waals surface area contributed by atoms with Gasteiger partial charge in [-0.05, 0) is 43.4 Å². The standard InChI is InChI=1S/C17H19ClF3N3O2/c18-11-6-4-10(5-7-11)14(17(19,20)21)23-16(26)22-13-8-9-24(15(13)25)12-2-1-3-12/h4-7,12-14H,1-3,8-9H2,(H2,22,23,26). The number of benzene rings is 1. The SMILES string of the molecule is O=C(NC1CCN(C2CCC2)C1=O)NC(c1ccc(Cl)cc1)C(F)(F)F. The molecule has 1 saturated heterocycles. The highest BCUT2D eigenvalue weighted by atomic mass is 35.5. The molecule has 26 heavy (non-hydrogen) atoms. The van der Waals surface area contributed by atoms with Crippen molar-refractivity contribution in [1.82, 2.24) is 15.5 Å². The molecule has 1 aliphatic heterocycles. The highest BCUT2D eigenvalue weighted by Crippen LogP contribution is 2.33. The summed E-state index contributed by atoms with van der Waals surface area (Å²) in [6.07, 6.45) is -1.32. The van der Waals surface area contributed by atoms with Crippen molar-refractivity contribution in [3.8, 4) is 0 Å². The van der Waals surface area contributed by atoms with Crippen LogP contribution >= 0.6 is 11.6 Å². The predicted molar refractivity (Wildman–Crippen MR) is 89.7 cm³/mol. The summed E-state index contributed by atoms with van der Waals surface area (Å²) in [7, 11) is 0. The maximum Gasteiger partial charge on any atom is 0.412 e. The van der Waals surface area contributed by atoms with Crippen molar-refractivity contribution in [2.45, 2.75) is 50.0 Å². The van der Waals surface area contributed by atoms with Gasteiger partial charge in [-0.2, -0.15) is 13.2 Å². The second-order valence-corrected chi connectivity index (χ2v) is 7.04. The first-order chi connectivity index (χ1) is 12.3. The third-order valence-corrected chi connectivity index (χ3v) is 5.12. The number of halogens is 4. The zero-order chi connectivity index (χ0) is 18.9. The van der Waals surface area contributed by atoms with Crippen molar-refractivity contribution in [3.63, 3.8) is 0 Å². The van der Waals surface area contributed by atoms with Gasteiger partial charge in [0.2, 0.25) is 5.91 Å². The highest BCUT2D eigenvalue weighted by Gasteiger charge is 2.43. The zero-order valence-corrected chi connectivity index (χ0v) is 14.6. The number of nitrogens with one attached hydrogen (secondary N) is 2. The van der Waals surface area contributed by atoms with Crippen molar-refractivity contribution in [2.24, 2.45) is 0 Å². The van der Waals surface area contributed by atoms with Gasteiger partial charge in [0.15, 0.2) is 6.04 Å². The van der Waals surface area contributed by atoms with Crippen LogP contribution in [0.3, 0.4) is 0 Å². The molecule has 2 N–H and O–H groups in total. The lowest BCUT2D eigenvalue weighted by atomic mass is 9.92. The quantitative estimate of drug-likeness (QED) is 0.829. The minimum absolute atomic E-state index is 0.133. The number of carbonyl (C=O) groups is 2. The van der Waals surface area contributed by atoms with E-state index in [4.69, 9.17) is 11.6 Å². The van der Waals surface area contributed by atoms with E-state index in [0.29, 0.717) is 18.0 Å². The number of carbonyl (C=O) groups excluding carboxylic acids is 2. The topological polar surface area (TPSA) is 61.4 Å². The van der Waals surface area contributed by atoms with E-state index in [1.54, 1.807) is 4.90 Å². The Bertz CT molecular complexity index is 677. The fourth-order valence-electron chi connectivity index (χ4n) is 3.24. The van der Waals surface area contributed by atoms with E-state index >= 15 is 0 Å². The Morgan fingerprint density at radius 1 is 1.19 bits per heavy atom. The molecular weight excluding hydrogens is 371 g/mol. The van der Waals surface area contributed by atoms with Gasteiger partial charge in [-0.3, -0.25) is 4.79 Å². The summed E-state index contributed by atoms with van der Waals surface area (Å²) in [5.74, 6) is -0.222. The smallest absolute Gasteiger partial charge is 0.338 e. The first-order valence-electron chi connectivity index (χ1n) is 8.45. The van der Waals surface area contributed by atoms with Crippen LogP contribution in [0.15, 0.2) is 24.3 Å². The fraction of sp³-hybridized carbons (Fsp3) is 0.529. The molecule has 2 unspecified atom stereocenters. The molecule has 3 rings (SSSR count). The molecule has 9 heteroatoms. The van der Waals surface area contributed by atoms with Gasteiger partial charge in [0, 0.05) is 17.6 Å². The average molecular weight is 390 g/mol. The lowest BCUT2D eigenvalue weighted by Crippen LogP contribution is -2.50. The van der Waals surface area contributed by atoms with E-state index in [2.05, 4.69) is 5.32 Å². The number of rotatable bonds is 4. The lowest BCUT2D eigenvalue weighted by molar-refractivity contribution is -0.155. The van der Waals surface area contributed by atoms with Crippen LogP contribution in [-0.4, -0.2) is 41.6 Å². The van der Waals surface area contributed by atoms with E-state index in [1.165, 1.54) is 24.3 Å². The Balaban J connectivity index is 1.63. The number of nitrogens with zero attached hydrogens (tertiary/aromatic N) is 1. The summed E-state index contributed by atoms with van der Waals surface area (Å²) in [5.41, 5.74) is -0.133. The number of amides is 3. The molecule has 142 valence electrons. The first-order valence-corrected chi connectivity index (χ1v) is 8.83. The number of likely N-dealkylation sites (tertiary alicyclic amines) is 1. The van der Waals surface area contributed by atoms with Crippen molar-refractivity contribution < 1.29 is 22.8 Å². The maximum atomic E-state index is 13.3. The summed E-state index contributed by atoms with van der Waals surface area (Å²) in [6, 6.07) is 1.29. The monoisotopic (exact) mass is 389 g/mol. The predicted octanol–water partition coefficient (Wildman–Crippen LogP) is 3.40. The molecule has 0 spiro atoms. The largest absolute Gasteiger partial charge is 0.412 e. The molecule has 0 radical (unpaired) electrons. The molecule has 2 atom stereocenters. The normalized spacial score (nSPS) is 22.1. The molecule has 1 heterocycles. The molecule has 1 aromatic rings. The van der Waals surface area contributed by atoms with Gasteiger partial charge in [0.05, 0.1) is 0 Å². The maximum absolute atomic E-state index is 13.3. The number of hydrogen-bond acceptors (Lipinski definition) is 2. The Kier molecular flexibility index (Phi) is 5.32. The second-order valence-electron chi connectivity index (χ2n) is 6.60. The molecule has 1 saturated carbocycles. The summed E-state index contributed by atoms with van der Waals surface area (Å²) in [5, 5.41) is 4.60. The average Bonchev–Trinajstić information content (AvgIpc) is 2.85. The minimum atomic E-state index is -4.68. The third kappa shape index (κ3) is 4.06. The van der Waals surface area contributed by atoms with Crippen LogP contribution < -0.4 is 10.6 Å². The van der Waals surface area contributed by atoms with E-state index in [-0.39, 0.29) is 17.5 Å². The molecular formula is C17H19ClF3N3O2. The molecule has 3 amide bonds. The first kappa shape index (κ1) is 18.8. The van der Waals surface area contributed by atoms with Gasteiger partial charge in [0.25, 0.3) is 0 Å². The summed E-state index contributed by atoms with van der Waals surface area (Å²) < 4.78 is 40.0. The Morgan fingerprint density at radius 3 is 2.38 bits per heavy atom. The van der Waals surface area contributed by atoms with Gasteiger partial charge in [0.1, 0.15) is 6.04 Å². The number of alkyl halides is 3. The van der Waals surface area contributed by atoms with E-state index in [1.807, 2.05) is 5.32 Å². The molecule has 1 aromatic carbocycles. The summed E-state index contributed by atoms with van der Waals surface area (Å²) in [4.78, 5) is 26.1. The van der Waals surface area contributed by atoms with Gasteiger partial charge in [-0.15, -0.1) is 0 Å². The van der Waals surface area contributed by atoms with Crippen molar-refractivity contribution in [1.29, 1.82) is 0 Å². The van der Waals surface area contributed by atoms with Gasteiger partial charge in [-0.25, -0.2) is 4.79 Å². The van der Waals surface area contributed by atoms with Crippen molar-refractivity contribution >= 4 is 23.5 Å². The van der Waals surface area contributed by atoms with Gasteiger partial charge in [-0.1, -0.05) is 23.7 Å². The van der Waals surface area contributed by atoms with E-state index in [9.17, 15) is 22.8 Å². The highest BCUT2D eigenvalue weighted by molar-refractivity contribution is 6.30. The van der Waals surface area contributed by atoms with Gasteiger partial charge >= 0.3 is 12.2 Å². The molecule has 2 fully saturated rings. The van der Waals surface area contributed by atoms with Crippen LogP contribution in [0, 0.1) is 0 Å². The Morgan fingerprint density at radius 2 is 1.85 bits per heavy atom. The molecule has 2 aliphatic rings. The number of urea groups is 1. The summed E-state index contributed by atoms with van der Waals surface area (Å²) in [6.45, 7) is 0.522. The van der Waals surface area contributed by atoms with Crippen LogP contribution in [-0.2, 0) is 4.79 Å². The van der Waals surface area contributed by atoms with E-state index < -0.39 is 24.3 Å². The Hall–Kier alpha value is -1.96. The third-order valence-electron chi connectivity index (χ3n) is 4.87. The summed E-state index contributed by atoms with van der Waals surface area (Å²) >= 11 is 5.70. The van der Waals surface area contributed by atoms with Crippen LogP contribution in [0.4, 0.5) is 18.0 Å². The molecule has 0 bridgehead atoms. The molecule has 1 aliphatic carbocycles. The van der Waals surface area contributed by atoms with Crippen LogP contribution in [0.25, 0.3) is 0 Å². The fourth-order valence-corrected chi connectivity index (χ4v) is 3.36. The zero-order valence-electron chi connectivity index (χ0n) is 13.9. The molecule has 0 aromatic heterocycles. The van der Waals surface area contributed by atoms with E-state index in [0.717, 1.165) is 19.3 Å². The van der Waals surface area contributed by atoms with Crippen LogP contribution in [0.5, 0.6) is 0 Å². The van der Waals surface area contributed by atoms with Gasteiger partial charge < -0.3 is 15.5 Å². The minimum Gasteiger partial charge on any atom is -0.338 e. The van der Waals surface area contributed by atoms with Crippen molar-refractivity contribution in [2.75, 3.05) is 6.54 Å². The van der Waals surface area contributed by atoms with Crippen molar-refractivity contribution in [3.05, 3.63) is 34.9 Å². The van der Waals surface area contributed by atoms with Crippen LogP contribution in [0.2, 0.25) is 5.02 Å². The number of hydrogen-bond donors (Lipinski definition) is 2. The Labute approximate surface area is 153 Å². The second kappa shape index (κ2) is 7.34. The van der Waals surface area contributed by atoms with Crippen LogP contribution in [0.1, 0.15) is 37.3 Å².